The number of aliphatic imine (C=N–C) groups is 1. The fourth-order valence-electron chi connectivity index (χ4n) is 2.68. The first-order chi connectivity index (χ1) is 13.3. The predicted molar refractivity (Wildman–Crippen MR) is 120 cm³/mol. The van der Waals surface area contributed by atoms with Crippen molar-refractivity contribution in [1.29, 1.82) is 0 Å². The van der Waals surface area contributed by atoms with E-state index in [2.05, 4.69) is 27.9 Å². The third-order valence-corrected chi connectivity index (χ3v) is 6.61. The molecular formula is C20H26ClN3O2S2. The SMILES string of the molecule is CN=C(NCCc1ccc(S(C)(=O)=O)cc1)NCC(SC)c1cccc(Cl)c1. The number of sulfone groups is 1. The van der Waals surface area contributed by atoms with Crippen molar-refractivity contribution >= 4 is 39.2 Å². The van der Waals surface area contributed by atoms with Gasteiger partial charge in [-0.05, 0) is 48.1 Å². The lowest BCUT2D eigenvalue weighted by Crippen LogP contribution is -2.39. The first-order valence-electron chi connectivity index (χ1n) is 8.85. The molecule has 0 fully saturated rings. The van der Waals surface area contributed by atoms with E-state index in [-0.39, 0.29) is 5.25 Å². The maximum Gasteiger partial charge on any atom is 0.191 e. The van der Waals surface area contributed by atoms with Crippen LogP contribution in [0.15, 0.2) is 58.4 Å². The molecule has 5 nitrogen and oxygen atoms in total. The molecule has 152 valence electrons. The Hall–Kier alpha value is -1.70. The van der Waals surface area contributed by atoms with E-state index in [0.717, 1.165) is 29.5 Å². The topological polar surface area (TPSA) is 70.6 Å². The molecule has 0 aliphatic heterocycles. The Morgan fingerprint density at radius 2 is 1.89 bits per heavy atom. The summed E-state index contributed by atoms with van der Waals surface area (Å²) in [5.41, 5.74) is 2.24. The number of benzene rings is 2. The quantitative estimate of drug-likeness (QED) is 0.486. The molecule has 0 spiro atoms. The molecule has 2 aromatic carbocycles. The van der Waals surface area contributed by atoms with Crippen LogP contribution in [-0.2, 0) is 16.3 Å². The largest absolute Gasteiger partial charge is 0.356 e. The van der Waals surface area contributed by atoms with Crippen molar-refractivity contribution in [3.8, 4) is 0 Å². The Kier molecular flexibility index (Phi) is 8.66. The lowest BCUT2D eigenvalue weighted by Gasteiger charge is -2.18. The van der Waals surface area contributed by atoms with Crippen LogP contribution < -0.4 is 10.6 Å². The van der Waals surface area contributed by atoms with Crippen LogP contribution >= 0.6 is 23.4 Å². The number of nitrogens with one attached hydrogen (secondary N) is 2. The maximum absolute atomic E-state index is 11.5. The van der Waals surface area contributed by atoms with Gasteiger partial charge in [-0.1, -0.05) is 35.9 Å². The number of hydrogen-bond donors (Lipinski definition) is 2. The summed E-state index contributed by atoms with van der Waals surface area (Å²) in [6, 6.07) is 14.9. The first kappa shape index (κ1) is 22.6. The number of halogens is 1. The van der Waals surface area contributed by atoms with Crippen molar-refractivity contribution in [2.75, 3.05) is 32.6 Å². The molecule has 0 aliphatic carbocycles. The number of guanidine groups is 1. The van der Waals surface area contributed by atoms with Gasteiger partial charge in [0.1, 0.15) is 0 Å². The third kappa shape index (κ3) is 7.04. The summed E-state index contributed by atoms with van der Waals surface area (Å²) < 4.78 is 23.0. The molecule has 28 heavy (non-hydrogen) atoms. The van der Waals surface area contributed by atoms with Crippen molar-refractivity contribution in [3.63, 3.8) is 0 Å². The third-order valence-electron chi connectivity index (χ3n) is 4.24. The van der Waals surface area contributed by atoms with Crippen molar-refractivity contribution in [3.05, 3.63) is 64.7 Å². The average Bonchev–Trinajstić information content (AvgIpc) is 2.67. The Bertz CT molecular complexity index is 900. The molecule has 2 rings (SSSR count). The predicted octanol–water partition coefficient (Wildman–Crippen LogP) is 3.56. The molecule has 8 heteroatoms. The highest BCUT2D eigenvalue weighted by molar-refractivity contribution is 7.98. The van der Waals surface area contributed by atoms with Gasteiger partial charge in [0.05, 0.1) is 4.90 Å². The molecule has 0 bridgehead atoms. The van der Waals surface area contributed by atoms with E-state index < -0.39 is 9.84 Å². The molecule has 0 saturated carbocycles. The number of nitrogens with zero attached hydrogens (tertiary/aromatic N) is 1. The second-order valence-corrected chi connectivity index (χ2v) is 9.82. The summed E-state index contributed by atoms with van der Waals surface area (Å²) in [5, 5.41) is 7.64. The Morgan fingerprint density at radius 3 is 2.46 bits per heavy atom. The molecule has 0 aromatic heterocycles. The van der Waals surface area contributed by atoms with Gasteiger partial charge in [0.25, 0.3) is 0 Å². The molecule has 1 atom stereocenters. The van der Waals surface area contributed by atoms with Crippen LogP contribution in [0.3, 0.4) is 0 Å². The standard InChI is InChI=1S/C20H26ClN3O2S2/c1-22-20(24-14-19(27-2)16-5-4-6-17(21)13-16)23-12-11-15-7-9-18(10-8-15)28(3,25)26/h4-10,13,19H,11-12,14H2,1-3H3,(H2,22,23,24). The summed E-state index contributed by atoms with van der Waals surface area (Å²) in [7, 11) is -1.42. The highest BCUT2D eigenvalue weighted by atomic mass is 35.5. The van der Waals surface area contributed by atoms with Crippen LogP contribution in [0, 0.1) is 0 Å². The van der Waals surface area contributed by atoms with Crippen LogP contribution in [0.2, 0.25) is 5.02 Å². The lowest BCUT2D eigenvalue weighted by molar-refractivity contribution is 0.602. The normalized spacial score (nSPS) is 13.2. The molecule has 2 N–H and O–H groups in total. The molecule has 0 heterocycles. The van der Waals surface area contributed by atoms with E-state index in [0.29, 0.717) is 11.4 Å². The summed E-state index contributed by atoms with van der Waals surface area (Å²) in [4.78, 5) is 4.60. The van der Waals surface area contributed by atoms with E-state index in [9.17, 15) is 8.42 Å². The molecule has 0 radical (unpaired) electrons. The van der Waals surface area contributed by atoms with Crippen LogP contribution in [0.4, 0.5) is 0 Å². The summed E-state index contributed by atoms with van der Waals surface area (Å²) >= 11 is 7.85. The maximum atomic E-state index is 11.5. The molecule has 2 aromatic rings. The van der Waals surface area contributed by atoms with E-state index in [1.807, 2.05) is 30.3 Å². The fourth-order valence-corrected chi connectivity index (χ4v) is 4.18. The Morgan fingerprint density at radius 1 is 1.18 bits per heavy atom. The monoisotopic (exact) mass is 439 g/mol. The van der Waals surface area contributed by atoms with Gasteiger partial charge in [-0.25, -0.2) is 8.42 Å². The minimum Gasteiger partial charge on any atom is -0.356 e. The average molecular weight is 440 g/mol. The van der Waals surface area contributed by atoms with E-state index in [1.54, 1.807) is 30.9 Å². The Labute approximate surface area is 176 Å². The van der Waals surface area contributed by atoms with Gasteiger partial charge in [-0.2, -0.15) is 11.8 Å². The van der Waals surface area contributed by atoms with Gasteiger partial charge in [-0.15, -0.1) is 0 Å². The first-order valence-corrected chi connectivity index (χ1v) is 12.4. The summed E-state index contributed by atoms with van der Waals surface area (Å²) in [5.74, 6) is 0.730. The zero-order valence-electron chi connectivity index (χ0n) is 16.3. The van der Waals surface area contributed by atoms with Crippen LogP contribution in [0.1, 0.15) is 16.4 Å². The van der Waals surface area contributed by atoms with E-state index in [1.165, 1.54) is 11.8 Å². The van der Waals surface area contributed by atoms with Crippen LogP contribution in [0.5, 0.6) is 0 Å². The van der Waals surface area contributed by atoms with Crippen molar-refractivity contribution < 1.29 is 8.42 Å². The summed E-state index contributed by atoms with van der Waals surface area (Å²) in [6.07, 6.45) is 4.05. The van der Waals surface area contributed by atoms with E-state index in [4.69, 9.17) is 11.6 Å². The lowest BCUT2D eigenvalue weighted by atomic mass is 10.1. The van der Waals surface area contributed by atoms with Crippen molar-refractivity contribution in [2.24, 2.45) is 4.99 Å². The van der Waals surface area contributed by atoms with Crippen LogP contribution in [-0.4, -0.2) is 47.0 Å². The number of thioether (sulfide) groups is 1. The van der Waals surface area contributed by atoms with Crippen molar-refractivity contribution in [1.82, 2.24) is 10.6 Å². The van der Waals surface area contributed by atoms with Gasteiger partial charge < -0.3 is 10.6 Å². The minimum absolute atomic E-state index is 0.265. The number of rotatable bonds is 8. The van der Waals surface area contributed by atoms with Gasteiger partial charge >= 0.3 is 0 Å². The second kappa shape index (κ2) is 10.7. The minimum atomic E-state index is -3.16. The smallest absolute Gasteiger partial charge is 0.191 e. The van der Waals surface area contributed by atoms with Crippen LogP contribution in [0.25, 0.3) is 0 Å². The summed E-state index contributed by atoms with van der Waals surface area (Å²) in [6.45, 7) is 1.42. The van der Waals surface area contributed by atoms with Gasteiger partial charge in [-0.3, -0.25) is 4.99 Å². The van der Waals surface area contributed by atoms with Crippen molar-refractivity contribution in [2.45, 2.75) is 16.6 Å². The molecule has 0 saturated heterocycles. The molecular weight excluding hydrogens is 414 g/mol. The zero-order valence-corrected chi connectivity index (χ0v) is 18.7. The van der Waals surface area contributed by atoms with E-state index >= 15 is 0 Å². The second-order valence-electron chi connectivity index (χ2n) is 6.33. The fraction of sp³-hybridized carbons (Fsp3) is 0.350. The molecule has 0 amide bonds. The van der Waals surface area contributed by atoms with Gasteiger partial charge in [0, 0.05) is 36.7 Å². The molecule has 1 unspecified atom stereocenters. The van der Waals surface area contributed by atoms with Gasteiger partial charge in [0.15, 0.2) is 15.8 Å². The number of hydrogen-bond acceptors (Lipinski definition) is 4. The highest BCUT2D eigenvalue weighted by Gasteiger charge is 2.11. The van der Waals surface area contributed by atoms with Gasteiger partial charge in [0.2, 0.25) is 0 Å². The Balaban J connectivity index is 1.84. The zero-order chi connectivity index (χ0) is 20.6. The highest BCUT2D eigenvalue weighted by Crippen LogP contribution is 2.27. The molecule has 0 aliphatic rings.